The van der Waals surface area contributed by atoms with Crippen molar-refractivity contribution >= 4 is 6.29 Å². The van der Waals surface area contributed by atoms with Crippen LogP contribution >= 0.6 is 0 Å². The number of hydrogen-bond acceptors (Lipinski definition) is 2. The van der Waals surface area contributed by atoms with Gasteiger partial charge in [0.1, 0.15) is 11.5 Å². The minimum atomic E-state index is -0.269. The molecular weight excluding hydrogens is 255 g/mol. The second-order valence-corrected chi connectivity index (χ2v) is 5.43. The number of carbonyl (C=O) groups excluding carboxylic acids is 1. The molecule has 0 saturated heterocycles. The second-order valence-electron chi connectivity index (χ2n) is 5.43. The van der Waals surface area contributed by atoms with E-state index >= 15 is 0 Å². The molecule has 1 aliphatic carbocycles. The van der Waals surface area contributed by atoms with Gasteiger partial charge >= 0.3 is 0 Å². The lowest BCUT2D eigenvalue weighted by molar-refractivity contribution is 0.112. The van der Waals surface area contributed by atoms with Crippen LogP contribution in [-0.2, 0) is 0 Å². The van der Waals surface area contributed by atoms with E-state index in [1.165, 1.54) is 25.0 Å². The van der Waals surface area contributed by atoms with Gasteiger partial charge in [0.25, 0.3) is 0 Å². The summed E-state index contributed by atoms with van der Waals surface area (Å²) in [6, 6.07) is 4.96. The van der Waals surface area contributed by atoms with Crippen LogP contribution < -0.4 is 0 Å². The summed E-state index contributed by atoms with van der Waals surface area (Å²) in [5.41, 5.74) is 2.85. The Balaban J connectivity index is 2.05. The third kappa shape index (κ3) is 2.26. The number of hydrogen-bond donors (Lipinski definition) is 0. The Bertz CT molecular complexity index is 642. The van der Waals surface area contributed by atoms with Crippen LogP contribution in [0.15, 0.2) is 24.4 Å². The first-order chi connectivity index (χ1) is 9.69. The first-order valence-electron chi connectivity index (χ1n) is 7.00. The summed E-state index contributed by atoms with van der Waals surface area (Å²) in [5, 5.41) is 4.59. The van der Waals surface area contributed by atoms with E-state index in [-0.39, 0.29) is 5.82 Å². The predicted molar refractivity (Wildman–Crippen MR) is 75.3 cm³/mol. The molecule has 4 heteroatoms. The van der Waals surface area contributed by atoms with Crippen molar-refractivity contribution in [2.75, 3.05) is 0 Å². The summed E-state index contributed by atoms with van der Waals surface area (Å²) in [6.07, 6.45) is 7.30. The van der Waals surface area contributed by atoms with Gasteiger partial charge in [-0.2, -0.15) is 5.10 Å². The van der Waals surface area contributed by atoms with E-state index in [9.17, 15) is 9.18 Å². The lowest BCUT2D eigenvalue weighted by Gasteiger charge is -2.09. The number of benzene rings is 1. The molecule has 2 aromatic rings. The Hall–Kier alpha value is -1.97. The second kappa shape index (κ2) is 5.19. The largest absolute Gasteiger partial charge is 0.298 e. The van der Waals surface area contributed by atoms with Crippen LogP contribution in [0, 0.1) is 12.7 Å². The fourth-order valence-corrected chi connectivity index (χ4v) is 2.95. The van der Waals surface area contributed by atoms with Crippen LogP contribution in [0.3, 0.4) is 0 Å². The fourth-order valence-electron chi connectivity index (χ4n) is 2.95. The Morgan fingerprint density at radius 1 is 1.35 bits per heavy atom. The van der Waals surface area contributed by atoms with Gasteiger partial charge in [-0.25, -0.2) is 4.39 Å². The maximum Gasteiger partial charge on any atom is 0.153 e. The smallest absolute Gasteiger partial charge is 0.153 e. The van der Waals surface area contributed by atoms with Crippen molar-refractivity contribution in [2.24, 2.45) is 0 Å². The first-order valence-corrected chi connectivity index (χ1v) is 7.00. The van der Waals surface area contributed by atoms with Gasteiger partial charge in [-0.15, -0.1) is 0 Å². The van der Waals surface area contributed by atoms with Gasteiger partial charge in [-0.1, -0.05) is 12.8 Å². The van der Waals surface area contributed by atoms with Gasteiger partial charge in [-0.3, -0.25) is 9.48 Å². The molecule has 0 atom stereocenters. The Morgan fingerprint density at radius 3 is 2.75 bits per heavy atom. The minimum Gasteiger partial charge on any atom is -0.298 e. The Labute approximate surface area is 117 Å². The molecule has 1 aromatic carbocycles. The van der Waals surface area contributed by atoms with Crippen molar-refractivity contribution in [3.8, 4) is 11.3 Å². The van der Waals surface area contributed by atoms with E-state index < -0.39 is 0 Å². The molecule has 104 valence electrons. The lowest BCUT2D eigenvalue weighted by atomic mass is 10.0. The van der Waals surface area contributed by atoms with Crippen molar-refractivity contribution < 1.29 is 9.18 Å². The summed E-state index contributed by atoms with van der Waals surface area (Å²) in [5.74, 6) is -0.269. The molecule has 1 saturated carbocycles. The SMILES string of the molecule is Cc1cc(F)ccc1-c1nn(C2CCCC2)cc1C=O. The average molecular weight is 272 g/mol. The molecule has 1 aromatic heterocycles. The Morgan fingerprint density at radius 2 is 2.10 bits per heavy atom. The van der Waals surface area contributed by atoms with Crippen LogP contribution in [0.5, 0.6) is 0 Å². The normalized spacial score (nSPS) is 15.7. The maximum atomic E-state index is 13.2. The van der Waals surface area contributed by atoms with E-state index in [1.807, 2.05) is 17.8 Å². The highest BCUT2D eigenvalue weighted by Gasteiger charge is 2.21. The standard InChI is InChI=1S/C16H17FN2O/c1-11-8-13(17)6-7-15(11)16-12(10-20)9-19(18-16)14-4-2-3-5-14/h6-10,14H,2-5H2,1H3. The molecule has 1 heterocycles. The molecule has 0 amide bonds. The van der Waals surface area contributed by atoms with Gasteiger partial charge in [0.2, 0.25) is 0 Å². The summed E-state index contributed by atoms with van der Waals surface area (Å²) in [6.45, 7) is 1.83. The van der Waals surface area contributed by atoms with Crippen molar-refractivity contribution in [2.45, 2.75) is 38.6 Å². The maximum absolute atomic E-state index is 13.2. The average Bonchev–Trinajstić information content (AvgIpc) is 3.07. The topological polar surface area (TPSA) is 34.9 Å². The van der Waals surface area contributed by atoms with Crippen molar-refractivity contribution in [3.63, 3.8) is 0 Å². The number of halogens is 1. The van der Waals surface area contributed by atoms with Crippen LogP contribution in [-0.4, -0.2) is 16.1 Å². The molecule has 3 nitrogen and oxygen atoms in total. The van der Waals surface area contributed by atoms with Gasteiger partial charge in [0, 0.05) is 11.8 Å². The number of aryl methyl sites for hydroxylation is 1. The van der Waals surface area contributed by atoms with E-state index in [0.29, 0.717) is 17.3 Å². The quantitative estimate of drug-likeness (QED) is 0.794. The molecule has 0 aliphatic heterocycles. The van der Waals surface area contributed by atoms with Crippen molar-refractivity contribution in [1.82, 2.24) is 9.78 Å². The number of rotatable bonds is 3. The molecule has 0 unspecified atom stereocenters. The van der Waals surface area contributed by atoms with Gasteiger partial charge in [0.05, 0.1) is 11.6 Å². The van der Waals surface area contributed by atoms with Crippen LogP contribution in [0.1, 0.15) is 47.6 Å². The number of aromatic nitrogens is 2. The third-order valence-corrected chi connectivity index (χ3v) is 4.03. The minimum absolute atomic E-state index is 0.269. The zero-order valence-corrected chi connectivity index (χ0v) is 11.5. The summed E-state index contributed by atoms with van der Waals surface area (Å²) in [7, 11) is 0. The van der Waals surface area contributed by atoms with Crippen molar-refractivity contribution in [1.29, 1.82) is 0 Å². The highest BCUT2D eigenvalue weighted by molar-refractivity contribution is 5.86. The molecule has 1 aliphatic rings. The Kier molecular flexibility index (Phi) is 3.38. The third-order valence-electron chi connectivity index (χ3n) is 4.03. The zero-order valence-electron chi connectivity index (χ0n) is 11.5. The highest BCUT2D eigenvalue weighted by atomic mass is 19.1. The van der Waals surface area contributed by atoms with Crippen LogP contribution in [0.25, 0.3) is 11.3 Å². The van der Waals surface area contributed by atoms with Gasteiger partial charge in [0.15, 0.2) is 6.29 Å². The van der Waals surface area contributed by atoms with Gasteiger partial charge in [-0.05, 0) is 43.5 Å². The molecule has 0 N–H and O–H groups in total. The van der Waals surface area contributed by atoms with Crippen LogP contribution in [0.4, 0.5) is 4.39 Å². The molecule has 0 radical (unpaired) electrons. The predicted octanol–water partition coefficient (Wildman–Crippen LogP) is 3.93. The molecular formula is C16H17FN2O. The number of aldehydes is 1. The number of nitrogens with zero attached hydrogens (tertiary/aromatic N) is 2. The summed E-state index contributed by atoms with van der Waals surface area (Å²) < 4.78 is 15.1. The van der Waals surface area contributed by atoms with Crippen LogP contribution in [0.2, 0.25) is 0 Å². The monoisotopic (exact) mass is 272 g/mol. The van der Waals surface area contributed by atoms with E-state index in [0.717, 1.165) is 30.3 Å². The zero-order chi connectivity index (χ0) is 14.1. The van der Waals surface area contributed by atoms with E-state index in [1.54, 1.807) is 6.07 Å². The number of carbonyl (C=O) groups is 1. The molecule has 1 fully saturated rings. The molecule has 0 bridgehead atoms. The van der Waals surface area contributed by atoms with E-state index in [2.05, 4.69) is 5.10 Å². The first kappa shape index (κ1) is 13.0. The molecule has 20 heavy (non-hydrogen) atoms. The highest BCUT2D eigenvalue weighted by Crippen LogP contribution is 2.32. The summed E-state index contributed by atoms with van der Waals surface area (Å²) >= 11 is 0. The van der Waals surface area contributed by atoms with Gasteiger partial charge < -0.3 is 0 Å². The molecule has 0 spiro atoms. The lowest BCUT2D eigenvalue weighted by Crippen LogP contribution is -2.05. The fraction of sp³-hybridized carbons (Fsp3) is 0.375. The molecule has 3 rings (SSSR count). The van der Waals surface area contributed by atoms with E-state index in [4.69, 9.17) is 0 Å². The summed E-state index contributed by atoms with van der Waals surface area (Å²) in [4.78, 5) is 11.3. The van der Waals surface area contributed by atoms with Crippen molar-refractivity contribution in [3.05, 3.63) is 41.3 Å².